The highest BCUT2D eigenvalue weighted by Crippen LogP contribution is 2.49. The van der Waals surface area contributed by atoms with Gasteiger partial charge in [0.25, 0.3) is 0 Å². The molecule has 1 aliphatic heterocycles. The van der Waals surface area contributed by atoms with Gasteiger partial charge in [-0.2, -0.15) is 0 Å². The number of nitrogens with zero attached hydrogens (tertiary/aromatic N) is 3. The molecule has 1 saturated carbocycles. The van der Waals surface area contributed by atoms with Gasteiger partial charge >= 0.3 is 0 Å². The first kappa shape index (κ1) is 14.5. The minimum absolute atomic E-state index is 0.193. The van der Waals surface area contributed by atoms with Gasteiger partial charge < -0.3 is 9.47 Å². The fraction of sp³-hybridized carbons (Fsp3) is 0.474. The van der Waals surface area contributed by atoms with Gasteiger partial charge in [0.2, 0.25) is 5.91 Å². The summed E-state index contributed by atoms with van der Waals surface area (Å²) in [6.07, 6.45) is 8.91. The van der Waals surface area contributed by atoms with E-state index >= 15 is 0 Å². The molecule has 0 unspecified atom stereocenters. The van der Waals surface area contributed by atoms with Gasteiger partial charge in [0.1, 0.15) is 0 Å². The highest BCUT2D eigenvalue weighted by molar-refractivity contribution is 5.83. The molecule has 0 spiro atoms. The number of likely N-dealkylation sites (tertiary alicyclic amines) is 1. The summed E-state index contributed by atoms with van der Waals surface area (Å²) >= 11 is 0. The summed E-state index contributed by atoms with van der Waals surface area (Å²) in [5.74, 6) is 0.968. The molecule has 3 atom stereocenters. The topological polar surface area (TPSA) is 38.1 Å². The number of carbonyl (C=O) groups is 1. The lowest BCUT2D eigenvalue weighted by Gasteiger charge is -2.33. The number of carbonyl (C=O) groups excluding carboxylic acids is 1. The number of hydrogen-bond acceptors (Lipinski definition) is 2. The van der Waals surface area contributed by atoms with Crippen molar-refractivity contribution in [1.29, 1.82) is 0 Å². The molecule has 4 rings (SSSR count). The molecule has 1 saturated heterocycles. The van der Waals surface area contributed by atoms with Gasteiger partial charge in [-0.15, -0.1) is 0 Å². The third kappa shape index (κ3) is 2.90. The van der Waals surface area contributed by atoms with E-state index in [1.807, 2.05) is 18.7 Å². The highest BCUT2D eigenvalue weighted by atomic mass is 16.2. The molecule has 0 radical (unpaired) electrons. The molecule has 2 fully saturated rings. The van der Waals surface area contributed by atoms with Crippen molar-refractivity contribution in [2.24, 2.45) is 5.92 Å². The molecule has 4 nitrogen and oxygen atoms in total. The summed E-state index contributed by atoms with van der Waals surface area (Å²) in [6.45, 7) is 3.84. The molecule has 0 bridgehead atoms. The van der Waals surface area contributed by atoms with E-state index in [2.05, 4.69) is 45.6 Å². The Bertz CT molecular complexity index is 694. The molecular formula is C19H23N3O. The van der Waals surface area contributed by atoms with Crippen LogP contribution in [0.4, 0.5) is 0 Å². The molecule has 1 aliphatic carbocycles. The van der Waals surface area contributed by atoms with Crippen LogP contribution < -0.4 is 0 Å². The summed E-state index contributed by atoms with van der Waals surface area (Å²) in [5.41, 5.74) is 2.60. The minimum atomic E-state index is 0.193. The number of amides is 1. The third-order valence-corrected chi connectivity index (χ3v) is 5.23. The number of aromatic nitrogens is 2. The first-order chi connectivity index (χ1) is 11.2. The van der Waals surface area contributed by atoms with E-state index in [9.17, 15) is 4.79 Å². The normalized spacial score (nSPS) is 27.0. The van der Waals surface area contributed by atoms with Crippen LogP contribution in [0.5, 0.6) is 0 Å². The van der Waals surface area contributed by atoms with Crippen molar-refractivity contribution in [3.8, 4) is 0 Å². The van der Waals surface area contributed by atoms with E-state index in [4.69, 9.17) is 0 Å². The zero-order chi connectivity index (χ0) is 15.8. The van der Waals surface area contributed by atoms with Crippen molar-refractivity contribution >= 4 is 5.91 Å². The molecule has 1 aromatic carbocycles. The van der Waals surface area contributed by atoms with E-state index < -0.39 is 0 Å². The lowest BCUT2D eigenvalue weighted by Crippen LogP contribution is -2.41. The van der Waals surface area contributed by atoms with Gasteiger partial charge in [-0.3, -0.25) is 4.79 Å². The molecular weight excluding hydrogens is 286 g/mol. The monoisotopic (exact) mass is 309 g/mol. The maximum atomic E-state index is 12.8. The highest BCUT2D eigenvalue weighted by Gasteiger charge is 2.46. The quantitative estimate of drug-likeness (QED) is 0.873. The second kappa shape index (κ2) is 5.84. The minimum Gasteiger partial charge on any atom is -0.340 e. The Hall–Kier alpha value is -2.10. The first-order valence-corrected chi connectivity index (χ1v) is 8.55. The van der Waals surface area contributed by atoms with Gasteiger partial charge in [-0.25, -0.2) is 4.98 Å². The number of rotatable bonds is 3. The Labute approximate surface area is 137 Å². The van der Waals surface area contributed by atoms with Gasteiger partial charge in [0.05, 0.1) is 12.4 Å². The fourth-order valence-corrected chi connectivity index (χ4v) is 3.86. The Morgan fingerprint density at radius 3 is 3.04 bits per heavy atom. The summed E-state index contributed by atoms with van der Waals surface area (Å²) < 4.78 is 2.14. The fourth-order valence-electron chi connectivity index (χ4n) is 3.86. The maximum Gasteiger partial charge on any atom is 0.226 e. The largest absolute Gasteiger partial charge is 0.340 e. The first-order valence-electron chi connectivity index (χ1n) is 8.55. The average Bonchev–Trinajstić information content (AvgIpc) is 3.19. The predicted octanol–water partition coefficient (Wildman–Crippen LogP) is 3.16. The van der Waals surface area contributed by atoms with E-state index in [1.54, 1.807) is 0 Å². The Balaban J connectivity index is 1.42. The molecule has 23 heavy (non-hydrogen) atoms. The van der Waals surface area contributed by atoms with Gasteiger partial charge in [0, 0.05) is 31.4 Å². The second-order valence-corrected chi connectivity index (χ2v) is 6.95. The van der Waals surface area contributed by atoms with Crippen LogP contribution in [0.2, 0.25) is 0 Å². The molecule has 2 heterocycles. The maximum absolute atomic E-state index is 12.8. The summed E-state index contributed by atoms with van der Waals surface area (Å²) in [5, 5.41) is 0. The molecule has 2 aliphatic rings. The summed E-state index contributed by atoms with van der Waals surface area (Å²) in [4.78, 5) is 19.1. The van der Waals surface area contributed by atoms with E-state index in [1.165, 1.54) is 11.1 Å². The van der Waals surface area contributed by atoms with Crippen LogP contribution in [0.3, 0.4) is 0 Å². The van der Waals surface area contributed by atoms with Crippen LogP contribution in [0.25, 0.3) is 0 Å². The Kier molecular flexibility index (Phi) is 3.68. The molecule has 120 valence electrons. The van der Waals surface area contributed by atoms with Crippen LogP contribution in [-0.2, 0) is 4.79 Å². The van der Waals surface area contributed by atoms with Crippen molar-refractivity contribution in [3.63, 3.8) is 0 Å². The van der Waals surface area contributed by atoms with Crippen LogP contribution in [0, 0.1) is 12.8 Å². The lowest BCUT2D eigenvalue weighted by molar-refractivity contribution is -0.134. The molecule has 1 amide bonds. The SMILES string of the molecule is Cc1cccc([C@@H]2C[C@H]2C(=O)N2CCC[C@@H](n3ccnc3)C2)c1. The zero-order valence-corrected chi connectivity index (χ0v) is 13.6. The van der Waals surface area contributed by atoms with Gasteiger partial charge in [0.15, 0.2) is 0 Å². The number of aryl methyl sites for hydroxylation is 1. The third-order valence-electron chi connectivity index (χ3n) is 5.23. The summed E-state index contributed by atoms with van der Waals surface area (Å²) in [7, 11) is 0. The number of hydrogen-bond donors (Lipinski definition) is 0. The number of piperidine rings is 1. The van der Waals surface area contributed by atoms with Crippen LogP contribution >= 0.6 is 0 Å². The molecule has 1 aromatic heterocycles. The van der Waals surface area contributed by atoms with Gasteiger partial charge in [-0.05, 0) is 37.7 Å². The van der Waals surface area contributed by atoms with Crippen LogP contribution in [0.15, 0.2) is 43.0 Å². The Morgan fingerprint density at radius 1 is 1.35 bits per heavy atom. The molecule has 0 N–H and O–H groups in total. The van der Waals surface area contributed by atoms with Crippen LogP contribution in [-0.4, -0.2) is 33.4 Å². The summed E-state index contributed by atoms with van der Waals surface area (Å²) in [6, 6.07) is 8.98. The lowest BCUT2D eigenvalue weighted by atomic mass is 10.0. The van der Waals surface area contributed by atoms with E-state index in [-0.39, 0.29) is 5.92 Å². The second-order valence-electron chi connectivity index (χ2n) is 6.95. The van der Waals surface area contributed by atoms with Crippen molar-refractivity contribution in [2.45, 2.75) is 38.1 Å². The average molecular weight is 309 g/mol. The number of imidazole rings is 1. The molecule has 4 heteroatoms. The van der Waals surface area contributed by atoms with E-state index in [0.29, 0.717) is 17.9 Å². The van der Waals surface area contributed by atoms with Gasteiger partial charge in [-0.1, -0.05) is 29.8 Å². The van der Waals surface area contributed by atoms with Crippen molar-refractivity contribution in [3.05, 3.63) is 54.1 Å². The van der Waals surface area contributed by atoms with E-state index in [0.717, 1.165) is 32.4 Å². The zero-order valence-electron chi connectivity index (χ0n) is 13.6. The smallest absolute Gasteiger partial charge is 0.226 e. The predicted molar refractivity (Wildman–Crippen MR) is 89.1 cm³/mol. The van der Waals surface area contributed by atoms with Crippen molar-refractivity contribution < 1.29 is 4.79 Å². The molecule has 2 aromatic rings. The standard InChI is InChI=1S/C19H23N3O/c1-14-4-2-5-15(10-14)17-11-18(17)19(23)21-8-3-6-16(12-21)22-9-7-20-13-22/h2,4-5,7,9-10,13,16-18H,3,6,8,11-12H2,1H3/t16-,17+,18-/m1/s1. The Morgan fingerprint density at radius 2 is 2.26 bits per heavy atom. The van der Waals surface area contributed by atoms with Crippen molar-refractivity contribution in [2.75, 3.05) is 13.1 Å². The van der Waals surface area contributed by atoms with Crippen LogP contribution in [0.1, 0.15) is 42.3 Å². The van der Waals surface area contributed by atoms with Crippen molar-refractivity contribution in [1.82, 2.24) is 14.5 Å². The number of benzene rings is 1.